The van der Waals surface area contributed by atoms with Gasteiger partial charge in [0.25, 0.3) is 0 Å². The number of imide groups is 1. The van der Waals surface area contributed by atoms with Gasteiger partial charge >= 0.3 is 12.2 Å². The Labute approximate surface area is 148 Å². The Balaban J connectivity index is 2.96. The Morgan fingerprint density at radius 2 is 1.52 bits per heavy atom. The van der Waals surface area contributed by atoms with Gasteiger partial charge in [-0.25, -0.2) is 14.5 Å². The van der Waals surface area contributed by atoms with Crippen molar-refractivity contribution in [3.8, 4) is 5.75 Å². The van der Waals surface area contributed by atoms with Crippen LogP contribution in [0.2, 0.25) is 0 Å². The van der Waals surface area contributed by atoms with Gasteiger partial charge in [-0.05, 0) is 33.8 Å². The molecule has 0 radical (unpaired) electrons. The summed E-state index contributed by atoms with van der Waals surface area (Å²) >= 11 is 0. The van der Waals surface area contributed by atoms with Crippen LogP contribution in [0.4, 0.5) is 9.59 Å². The highest BCUT2D eigenvalue weighted by Gasteiger charge is 2.27. The van der Waals surface area contributed by atoms with Crippen molar-refractivity contribution >= 4 is 12.2 Å². The van der Waals surface area contributed by atoms with E-state index in [4.69, 9.17) is 18.9 Å². The number of hydrogen-bond donors (Lipinski definition) is 0. The summed E-state index contributed by atoms with van der Waals surface area (Å²) in [5.74, 6) is 0.569. The largest absolute Gasteiger partial charge is 0.491 e. The monoisotopic (exact) mass is 353 g/mol. The third-order valence-corrected chi connectivity index (χ3v) is 2.96. The molecule has 0 saturated heterocycles. The number of amides is 2. The quantitative estimate of drug-likeness (QED) is 0.665. The van der Waals surface area contributed by atoms with Crippen molar-refractivity contribution in [1.29, 1.82) is 0 Å². The molecule has 7 nitrogen and oxygen atoms in total. The number of rotatable bonds is 8. The molecule has 1 aromatic carbocycles. The Morgan fingerprint density at radius 1 is 0.960 bits per heavy atom. The van der Waals surface area contributed by atoms with Crippen molar-refractivity contribution in [2.24, 2.45) is 0 Å². The highest BCUT2D eigenvalue weighted by atomic mass is 16.6. The second kappa shape index (κ2) is 10.6. The molecular weight excluding hydrogens is 326 g/mol. The second-order valence-electron chi connectivity index (χ2n) is 5.90. The Morgan fingerprint density at radius 3 is 2.04 bits per heavy atom. The van der Waals surface area contributed by atoms with E-state index in [1.165, 1.54) is 0 Å². The summed E-state index contributed by atoms with van der Waals surface area (Å²) in [6.07, 6.45) is -2.22. The molecule has 0 atom stereocenters. The standard InChI is InChI=1S/C18H27NO6/c1-13(2)24-17(20)19(18(21)25-14(3)4)12-15-8-6-7-9-16(15)23-11-10-22-5/h6-9,13-14H,10-12H2,1-5H3. The van der Waals surface area contributed by atoms with E-state index in [0.29, 0.717) is 24.5 Å². The average molecular weight is 353 g/mol. The van der Waals surface area contributed by atoms with Gasteiger partial charge in [0.2, 0.25) is 0 Å². The van der Waals surface area contributed by atoms with Crippen LogP contribution in [-0.4, -0.2) is 49.6 Å². The second-order valence-corrected chi connectivity index (χ2v) is 5.90. The van der Waals surface area contributed by atoms with Gasteiger partial charge in [-0.2, -0.15) is 0 Å². The molecule has 7 heteroatoms. The first-order valence-corrected chi connectivity index (χ1v) is 8.23. The highest BCUT2D eigenvalue weighted by Crippen LogP contribution is 2.21. The Bertz CT molecular complexity index is 536. The summed E-state index contributed by atoms with van der Waals surface area (Å²) in [5, 5.41) is 0. The molecule has 140 valence electrons. The van der Waals surface area contributed by atoms with Crippen LogP contribution in [0.15, 0.2) is 24.3 Å². The number of carbonyl (C=O) groups excluding carboxylic acids is 2. The molecule has 0 aliphatic heterocycles. The van der Waals surface area contributed by atoms with Crippen LogP contribution in [0.3, 0.4) is 0 Å². The molecule has 0 unspecified atom stereocenters. The van der Waals surface area contributed by atoms with E-state index in [0.717, 1.165) is 4.90 Å². The zero-order valence-electron chi connectivity index (χ0n) is 15.5. The van der Waals surface area contributed by atoms with E-state index >= 15 is 0 Å². The third-order valence-electron chi connectivity index (χ3n) is 2.96. The van der Waals surface area contributed by atoms with Crippen LogP contribution >= 0.6 is 0 Å². The van der Waals surface area contributed by atoms with Gasteiger partial charge in [0, 0.05) is 12.7 Å². The topological polar surface area (TPSA) is 74.3 Å². The van der Waals surface area contributed by atoms with Crippen LogP contribution in [0, 0.1) is 0 Å². The number of nitrogens with zero attached hydrogens (tertiary/aromatic N) is 1. The number of para-hydroxylation sites is 1. The number of carbonyl (C=O) groups is 2. The summed E-state index contributed by atoms with van der Waals surface area (Å²) in [7, 11) is 1.58. The minimum atomic E-state index is -0.757. The molecule has 0 bridgehead atoms. The van der Waals surface area contributed by atoms with Gasteiger partial charge in [-0.15, -0.1) is 0 Å². The summed E-state index contributed by atoms with van der Waals surface area (Å²) in [5.41, 5.74) is 0.667. The minimum Gasteiger partial charge on any atom is -0.491 e. The van der Waals surface area contributed by atoms with E-state index in [-0.39, 0.29) is 18.8 Å². The van der Waals surface area contributed by atoms with Gasteiger partial charge < -0.3 is 18.9 Å². The molecule has 0 fully saturated rings. The fourth-order valence-electron chi connectivity index (χ4n) is 1.91. The molecule has 0 aliphatic rings. The third kappa shape index (κ3) is 7.43. The molecular formula is C18H27NO6. The smallest absolute Gasteiger partial charge is 0.419 e. The number of ether oxygens (including phenoxy) is 4. The SMILES string of the molecule is COCCOc1ccccc1CN(C(=O)OC(C)C)C(=O)OC(C)C. The molecule has 0 spiro atoms. The van der Waals surface area contributed by atoms with Crippen molar-refractivity contribution in [3.05, 3.63) is 29.8 Å². The molecule has 0 aliphatic carbocycles. The van der Waals surface area contributed by atoms with Gasteiger partial charge in [0.1, 0.15) is 12.4 Å². The summed E-state index contributed by atoms with van der Waals surface area (Å²) in [4.78, 5) is 25.5. The van der Waals surface area contributed by atoms with E-state index in [2.05, 4.69) is 0 Å². The van der Waals surface area contributed by atoms with E-state index < -0.39 is 12.2 Å². The average Bonchev–Trinajstić information content (AvgIpc) is 2.52. The maximum absolute atomic E-state index is 12.3. The summed E-state index contributed by atoms with van der Waals surface area (Å²) in [6, 6.07) is 7.16. The molecule has 1 rings (SSSR count). The van der Waals surface area contributed by atoms with Gasteiger partial charge in [-0.3, -0.25) is 0 Å². The van der Waals surface area contributed by atoms with Crippen molar-refractivity contribution in [1.82, 2.24) is 4.90 Å². The molecule has 1 aromatic rings. The Hall–Kier alpha value is -2.28. The first-order chi connectivity index (χ1) is 11.8. The Kier molecular flexibility index (Phi) is 8.77. The van der Waals surface area contributed by atoms with Crippen LogP contribution in [0.1, 0.15) is 33.3 Å². The normalized spacial score (nSPS) is 10.7. The van der Waals surface area contributed by atoms with Crippen molar-refractivity contribution in [2.45, 2.75) is 46.4 Å². The lowest BCUT2D eigenvalue weighted by molar-refractivity contribution is 0.0485. The van der Waals surface area contributed by atoms with Crippen molar-refractivity contribution in [3.63, 3.8) is 0 Å². The van der Waals surface area contributed by atoms with Crippen LogP contribution in [0.5, 0.6) is 5.75 Å². The van der Waals surface area contributed by atoms with Crippen LogP contribution in [-0.2, 0) is 20.8 Å². The maximum atomic E-state index is 12.3. The molecule has 0 saturated carbocycles. The van der Waals surface area contributed by atoms with Gasteiger partial charge in [0.05, 0.1) is 25.4 Å². The minimum absolute atomic E-state index is 0.0136. The van der Waals surface area contributed by atoms with E-state index in [1.54, 1.807) is 53.0 Å². The fourth-order valence-corrected chi connectivity index (χ4v) is 1.91. The lowest BCUT2D eigenvalue weighted by Crippen LogP contribution is -2.39. The number of benzene rings is 1. The predicted octanol–water partition coefficient (Wildman–Crippen LogP) is 3.60. The zero-order valence-corrected chi connectivity index (χ0v) is 15.5. The van der Waals surface area contributed by atoms with Crippen molar-refractivity contribution in [2.75, 3.05) is 20.3 Å². The first-order valence-electron chi connectivity index (χ1n) is 8.23. The molecule has 0 aromatic heterocycles. The van der Waals surface area contributed by atoms with E-state index in [9.17, 15) is 9.59 Å². The predicted molar refractivity (Wildman–Crippen MR) is 92.6 cm³/mol. The zero-order chi connectivity index (χ0) is 18.8. The lowest BCUT2D eigenvalue weighted by Gasteiger charge is -2.23. The summed E-state index contributed by atoms with van der Waals surface area (Å²) in [6.45, 7) is 7.64. The molecule has 0 N–H and O–H groups in total. The van der Waals surface area contributed by atoms with Crippen LogP contribution in [0.25, 0.3) is 0 Å². The number of methoxy groups -OCH3 is 1. The van der Waals surface area contributed by atoms with Crippen molar-refractivity contribution < 1.29 is 28.5 Å². The lowest BCUT2D eigenvalue weighted by atomic mass is 10.2. The first kappa shape index (κ1) is 20.8. The molecule has 0 heterocycles. The fraction of sp³-hybridized carbons (Fsp3) is 0.556. The number of hydrogen-bond acceptors (Lipinski definition) is 6. The van der Waals surface area contributed by atoms with Gasteiger partial charge in [0.15, 0.2) is 0 Å². The van der Waals surface area contributed by atoms with E-state index in [1.807, 2.05) is 6.07 Å². The summed E-state index contributed by atoms with van der Waals surface area (Å²) < 4.78 is 20.9. The maximum Gasteiger partial charge on any atom is 0.419 e. The molecule has 2 amide bonds. The highest BCUT2D eigenvalue weighted by molar-refractivity contribution is 5.87. The molecule has 25 heavy (non-hydrogen) atoms. The van der Waals surface area contributed by atoms with Crippen LogP contribution < -0.4 is 4.74 Å². The van der Waals surface area contributed by atoms with Gasteiger partial charge in [-0.1, -0.05) is 18.2 Å².